The van der Waals surface area contributed by atoms with Crippen LogP contribution < -0.4 is 5.73 Å². The molecular formula is C17H24N4O4S. The Balaban J connectivity index is 1.67. The van der Waals surface area contributed by atoms with Crippen molar-refractivity contribution in [1.29, 1.82) is 0 Å². The molecule has 8 nitrogen and oxygen atoms in total. The van der Waals surface area contributed by atoms with Crippen molar-refractivity contribution in [2.45, 2.75) is 24.2 Å². The summed E-state index contributed by atoms with van der Waals surface area (Å²) in [6.07, 6.45) is 8.06. The van der Waals surface area contributed by atoms with Crippen molar-refractivity contribution in [1.82, 2.24) is 13.8 Å². The first-order valence-electron chi connectivity index (χ1n) is 8.71. The fraction of sp³-hybridized carbons (Fsp3) is 0.529. The van der Waals surface area contributed by atoms with Crippen LogP contribution in [0.2, 0.25) is 0 Å². The molecule has 3 rings (SSSR count). The first kappa shape index (κ1) is 18.7. The van der Waals surface area contributed by atoms with E-state index >= 15 is 0 Å². The molecule has 1 saturated heterocycles. The average molecular weight is 380 g/mol. The van der Waals surface area contributed by atoms with Crippen LogP contribution in [-0.4, -0.2) is 60.2 Å². The highest BCUT2D eigenvalue weighted by atomic mass is 32.2. The van der Waals surface area contributed by atoms with E-state index in [4.69, 9.17) is 5.73 Å². The Morgan fingerprint density at radius 3 is 2.38 bits per heavy atom. The summed E-state index contributed by atoms with van der Waals surface area (Å²) >= 11 is 0. The smallest absolute Gasteiger partial charge is 0.265 e. The van der Waals surface area contributed by atoms with Crippen molar-refractivity contribution in [3.8, 4) is 0 Å². The zero-order valence-electron chi connectivity index (χ0n) is 14.8. The van der Waals surface area contributed by atoms with E-state index < -0.39 is 15.9 Å². The van der Waals surface area contributed by atoms with E-state index in [1.807, 2.05) is 6.08 Å². The van der Waals surface area contributed by atoms with Gasteiger partial charge in [0, 0.05) is 45.3 Å². The van der Waals surface area contributed by atoms with E-state index in [-0.39, 0.29) is 35.5 Å². The molecule has 2 aliphatic rings. The van der Waals surface area contributed by atoms with Gasteiger partial charge in [-0.15, -0.1) is 0 Å². The quantitative estimate of drug-likeness (QED) is 0.759. The van der Waals surface area contributed by atoms with Gasteiger partial charge in [0.1, 0.15) is 10.6 Å². The molecule has 0 aromatic carbocycles. The van der Waals surface area contributed by atoms with Crippen LogP contribution in [0.15, 0.2) is 29.3 Å². The van der Waals surface area contributed by atoms with Gasteiger partial charge in [-0.05, 0) is 25.3 Å². The maximum absolute atomic E-state index is 12.8. The topological polar surface area (TPSA) is 106 Å². The molecule has 1 aromatic rings. The summed E-state index contributed by atoms with van der Waals surface area (Å²) in [7, 11) is -2.14. The molecule has 1 aliphatic carbocycles. The van der Waals surface area contributed by atoms with Crippen molar-refractivity contribution in [2.75, 3.05) is 26.2 Å². The van der Waals surface area contributed by atoms with Crippen molar-refractivity contribution in [3.05, 3.63) is 30.1 Å². The highest BCUT2D eigenvalue weighted by molar-refractivity contribution is 7.89. The number of amides is 2. The normalized spacial score (nSPS) is 21.7. The predicted octanol–water partition coefficient (Wildman–Crippen LogP) is 0.313. The number of piperazine rings is 1. The third-order valence-electron chi connectivity index (χ3n) is 5.04. The molecule has 2 heterocycles. The van der Waals surface area contributed by atoms with Gasteiger partial charge in [-0.2, -0.15) is 4.31 Å². The predicted molar refractivity (Wildman–Crippen MR) is 95.8 cm³/mol. The Labute approximate surface area is 153 Å². The number of nitrogens with zero attached hydrogens (tertiary/aromatic N) is 3. The lowest BCUT2D eigenvalue weighted by molar-refractivity contribution is -0.137. The number of aryl methyl sites for hydroxylation is 1. The number of allylic oxidation sites excluding steroid dienone is 2. The Kier molecular flexibility index (Phi) is 5.19. The molecule has 2 N–H and O–H groups in total. The van der Waals surface area contributed by atoms with E-state index in [2.05, 4.69) is 6.08 Å². The minimum atomic E-state index is -3.72. The number of hydrogen-bond acceptors (Lipinski definition) is 4. The Morgan fingerprint density at radius 2 is 1.85 bits per heavy atom. The molecule has 1 atom stereocenters. The number of aromatic nitrogens is 1. The zero-order valence-corrected chi connectivity index (χ0v) is 15.6. The molecule has 0 saturated carbocycles. The molecule has 2 amide bonds. The van der Waals surface area contributed by atoms with Gasteiger partial charge in [0.15, 0.2) is 0 Å². The zero-order chi connectivity index (χ0) is 18.9. The second-order valence-electron chi connectivity index (χ2n) is 6.75. The molecule has 9 heteroatoms. The molecule has 26 heavy (non-hydrogen) atoms. The Hall–Kier alpha value is -2.13. The highest BCUT2D eigenvalue weighted by Gasteiger charge is 2.33. The van der Waals surface area contributed by atoms with Gasteiger partial charge in [-0.3, -0.25) is 9.59 Å². The van der Waals surface area contributed by atoms with Crippen molar-refractivity contribution in [2.24, 2.45) is 18.7 Å². The SMILES string of the molecule is Cn1cc(S(=O)(=O)N2CCN(C(=O)[C@@H]3CC=CCC3)CC2)cc1C(N)=O. The minimum absolute atomic E-state index is 0.00963. The molecule has 1 fully saturated rings. The molecule has 0 unspecified atom stereocenters. The molecule has 0 bridgehead atoms. The summed E-state index contributed by atoms with van der Waals surface area (Å²) in [6, 6.07) is 1.30. The molecule has 142 valence electrons. The number of primary amides is 1. The highest BCUT2D eigenvalue weighted by Crippen LogP contribution is 2.23. The monoisotopic (exact) mass is 380 g/mol. The number of nitrogens with two attached hydrogens (primary N) is 1. The Bertz CT molecular complexity index is 835. The number of carbonyl (C=O) groups excluding carboxylic acids is 2. The summed E-state index contributed by atoms with van der Waals surface area (Å²) in [5, 5.41) is 0. The van der Waals surface area contributed by atoms with Gasteiger partial charge < -0.3 is 15.2 Å². The third kappa shape index (κ3) is 3.54. The molecule has 1 aliphatic heterocycles. The lowest BCUT2D eigenvalue weighted by Gasteiger charge is -2.35. The third-order valence-corrected chi connectivity index (χ3v) is 6.90. The van der Waals surface area contributed by atoms with Crippen LogP contribution in [0.5, 0.6) is 0 Å². The van der Waals surface area contributed by atoms with E-state index in [1.54, 1.807) is 11.9 Å². The van der Waals surface area contributed by atoms with Crippen LogP contribution in [-0.2, 0) is 21.9 Å². The van der Waals surface area contributed by atoms with Crippen LogP contribution in [0, 0.1) is 5.92 Å². The summed E-state index contributed by atoms with van der Waals surface area (Å²) in [6.45, 7) is 1.26. The van der Waals surface area contributed by atoms with E-state index in [0.29, 0.717) is 13.1 Å². The van der Waals surface area contributed by atoms with E-state index in [1.165, 1.54) is 21.1 Å². The molecule has 0 radical (unpaired) electrons. The number of hydrogen-bond donors (Lipinski definition) is 1. The fourth-order valence-corrected chi connectivity index (χ4v) is 4.99. The second kappa shape index (κ2) is 7.24. The van der Waals surface area contributed by atoms with Gasteiger partial charge >= 0.3 is 0 Å². The summed E-state index contributed by atoms with van der Waals surface area (Å²) in [5.74, 6) is -0.552. The lowest BCUT2D eigenvalue weighted by atomic mass is 9.93. The van der Waals surface area contributed by atoms with E-state index in [0.717, 1.165) is 19.3 Å². The number of sulfonamides is 1. The van der Waals surface area contributed by atoms with Gasteiger partial charge in [0.2, 0.25) is 15.9 Å². The van der Waals surface area contributed by atoms with Crippen molar-refractivity contribution in [3.63, 3.8) is 0 Å². The van der Waals surface area contributed by atoms with Gasteiger partial charge in [-0.25, -0.2) is 8.42 Å². The van der Waals surface area contributed by atoms with E-state index in [9.17, 15) is 18.0 Å². The van der Waals surface area contributed by atoms with Crippen LogP contribution in [0.4, 0.5) is 0 Å². The largest absolute Gasteiger partial charge is 0.364 e. The maximum atomic E-state index is 12.8. The Morgan fingerprint density at radius 1 is 1.15 bits per heavy atom. The maximum Gasteiger partial charge on any atom is 0.265 e. The van der Waals surface area contributed by atoms with Gasteiger partial charge in [-0.1, -0.05) is 12.2 Å². The van der Waals surface area contributed by atoms with Gasteiger partial charge in [0.25, 0.3) is 5.91 Å². The second-order valence-corrected chi connectivity index (χ2v) is 8.68. The summed E-state index contributed by atoms with van der Waals surface area (Å²) in [5.41, 5.74) is 5.40. The van der Waals surface area contributed by atoms with Crippen LogP contribution in [0.3, 0.4) is 0 Å². The van der Waals surface area contributed by atoms with Crippen molar-refractivity contribution < 1.29 is 18.0 Å². The summed E-state index contributed by atoms with van der Waals surface area (Å²) in [4.78, 5) is 25.7. The summed E-state index contributed by atoms with van der Waals surface area (Å²) < 4.78 is 28.4. The number of rotatable bonds is 4. The number of carbonyl (C=O) groups is 2. The minimum Gasteiger partial charge on any atom is -0.364 e. The lowest BCUT2D eigenvalue weighted by Crippen LogP contribution is -2.51. The molecule has 1 aromatic heterocycles. The molecule has 0 spiro atoms. The van der Waals surface area contributed by atoms with Crippen LogP contribution >= 0.6 is 0 Å². The standard InChI is InChI=1S/C17H24N4O4S/c1-19-12-14(11-15(19)16(18)22)26(24,25)21-9-7-20(8-10-21)17(23)13-5-3-2-4-6-13/h2-3,11-13H,4-10H2,1H3,(H2,18,22)/t13-/m1/s1. The molecular weight excluding hydrogens is 356 g/mol. The van der Waals surface area contributed by atoms with Gasteiger partial charge in [0.05, 0.1) is 0 Å². The first-order chi connectivity index (χ1) is 12.3. The van der Waals surface area contributed by atoms with Crippen LogP contribution in [0.1, 0.15) is 29.8 Å². The first-order valence-corrected chi connectivity index (χ1v) is 10.1. The average Bonchev–Trinajstić information content (AvgIpc) is 3.05. The van der Waals surface area contributed by atoms with Crippen LogP contribution in [0.25, 0.3) is 0 Å². The van der Waals surface area contributed by atoms with Crippen molar-refractivity contribution >= 4 is 21.8 Å². The fourth-order valence-electron chi connectivity index (χ4n) is 3.49.